The molecule has 2 aromatic carbocycles. The monoisotopic (exact) mass is 267 g/mol. The molecule has 0 spiro atoms. The Labute approximate surface area is 123 Å². The van der Waals surface area contributed by atoms with Crippen molar-refractivity contribution in [2.24, 2.45) is 0 Å². The minimum atomic E-state index is 0.557. The normalized spacial score (nSPS) is 13.9. The molecule has 0 aliphatic rings. The fraction of sp³-hybridized carbons (Fsp3) is 0.368. The maximum absolute atomic E-state index is 3.65. The number of aryl methyl sites for hydroxylation is 1. The summed E-state index contributed by atoms with van der Waals surface area (Å²) < 4.78 is 0. The number of hydrogen-bond donors (Lipinski definition) is 1. The standard InChI is InChI=1S/C19H25N/c1-16(19-11-7-4-8-12-19)15-20-17(2)13-14-18-9-5-3-6-10-18/h3-12,16-17,20H,13-15H2,1-2H3. The zero-order valence-corrected chi connectivity index (χ0v) is 12.5. The summed E-state index contributed by atoms with van der Waals surface area (Å²) >= 11 is 0. The number of nitrogens with one attached hydrogen (secondary N) is 1. The van der Waals surface area contributed by atoms with Gasteiger partial charge in [0.05, 0.1) is 0 Å². The van der Waals surface area contributed by atoms with E-state index in [1.54, 1.807) is 0 Å². The average molecular weight is 267 g/mol. The van der Waals surface area contributed by atoms with E-state index in [1.165, 1.54) is 17.5 Å². The van der Waals surface area contributed by atoms with Crippen molar-refractivity contribution in [3.05, 3.63) is 71.8 Å². The lowest BCUT2D eigenvalue weighted by molar-refractivity contribution is 0.492. The molecular formula is C19H25N. The first kappa shape index (κ1) is 14.8. The Bertz CT molecular complexity index is 478. The average Bonchev–Trinajstić information content (AvgIpc) is 2.52. The van der Waals surface area contributed by atoms with E-state index in [9.17, 15) is 0 Å². The number of hydrogen-bond acceptors (Lipinski definition) is 1. The lowest BCUT2D eigenvalue weighted by Gasteiger charge is -2.18. The van der Waals surface area contributed by atoms with E-state index in [0.29, 0.717) is 12.0 Å². The Morgan fingerprint density at radius 1 is 0.850 bits per heavy atom. The third kappa shape index (κ3) is 4.82. The summed E-state index contributed by atoms with van der Waals surface area (Å²) in [6, 6.07) is 22.0. The summed E-state index contributed by atoms with van der Waals surface area (Å²) in [6.45, 7) is 5.60. The van der Waals surface area contributed by atoms with Gasteiger partial charge in [0.2, 0.25) is 0 Å². The van der Waals surface area contributed by atoms with Crippen LogP contribution in [0.2, 0.25) is 0 Å². The van der Waals surface area contributed by atoms with Crippen LogP contribution >= 0.6 is 0 Å². The largest absolute Gasteiger partial charge is 0.314 e. The van der Waals surface area contributed by atoms with Gasteiger partial charge in [-0.1, -0.05) is 67.6 Å². The van der Waals surface area contributed by atoms with Crippen molar-refractivity contribution in [3.8, 4) is 0 Å². The van der Waals surface area contributed by atoms with Gasteiger partial charge in [-0.15, -0.1) is 0 Å². The Morgan fingerprint density at radius 2 is 1.45 bits per heavy atom. The van der Waals surface area contributed by atoms with E-state index in [1.807, 2.05) is 0 Å². The van der Waals surface area contributed by atoms with Crippen LogP contribution in [0, 0.1) is 0 Å². The summed E-state index contributed by atoms with van der Waals surface area (Å²) in [6.07, 6.45) is 2.33. The Balaban J connectivity index is 1.71. The second kappa shape index (κ2) is 7.86. The van der Waals surface area contributed by atoms with Crippen LogP contribution in [0.25, 0.3) is 0 Å². The molecule has 0 bridgehead atoms. The van der Waals surface area contributed by atoms with Crippen LogP contribution in [-0.2, 0) is 6.42 Å². The minimum Gasteiger partial charge on any atom is -0.314 e. The molecular weight excluding hydrogens is 242 g/mol. The maximum Gasteiger partial charge on any atom is 0.00421 e. The van der Waals surface area contributed by atoms with E-state index in [0.717, 1.165) is 13.0 Å². The van der Waals surface area contributed by atoms with Crippen molar-refractivity contribution in [1.29, 1.82) is 0 Å². The molecule has 0 amide bonds. The molecule has 2 aromatic rings. The zero-order valence-electron chi connectivity index (χ0n) is 12.5. The molecule has 0 aliphatic carbocycles. The number of benzene rings is 2. The molecule has 2 atom stereocenters. The molecule has 1 nitrogen and oxygen atoms in total. The van der Waals surface area contributed by atoms with Crippen molar-refractivity contribution >= 4 is 0 Å². The molecule has 2 rings (SSSR count). The second-order valence-corrected chi connectivity index (χ2v) is 5.65. The van der Waals surface area contributed by atoms with Crippen LogP contribution < -0.4 is 5.32 Å². The van der Waals surface area contributed by atoms with E-state index >= 15 is 0 Å². The van der Waals surface area contributed by atoms with Gasteiger partial charge in [0.15, 0.2) is 0 Å². The van der Waals surface area contributed by atoms with Crippen molar-refractivity contribution in [1.82, 2.24) is 5.32 Å². The molecule has 106 valence electrons. The fourth-order valence-corrected chi connectivity index (χ4v) is 2.41. The van der Waals surface area contributed by atoms with Crippen molar-refractivity contribution in [2.75, 3.05) is 6.54 Å². The van der Waals surface area contributed by atoms with E-state index in [2.05, 4.69) is 79.8 Å². The quantitative estimate of drug-likeness (QED) is 0.784. The Morgan fingerprint density at radius 3 is 2.10 bits per heavy atom. The van der Waals surface area contributed by atoms with Gasteiger partial charge in [-0.3, -0.25) is 0 Å². The lowest BCUT2D eigenvalue weighted by Crippen LogP contribution is -2.30. The van der Waals surface area contributed by atoms with Crippen LogP contribution in [0.4, 0.5) is 0 Å². The summed E-state index contributed by atoms with van der Waals surface area (Å²) in [5.41, 5.74) is 2.84. The molecule has 20 heavy (non-hydrogen) atoms. The molecule has 1 N–H and O–H groups in total. The van der Waals surface area contributed by atoms with Crippen LogP contribution in [0.5, 0.6) is 0 Å². The van der Waals surface area contributed by atoms with Gasteiger partial charge >= 0.3 is 0 Å². The molecule has 0 aliphatic heterocycles. The smallest absolute Gasteiger partial charge is 0.00421 e. The molecule has 0 fully saturated rings. The Kier molecular flexibility index (Phi) is 5.82. The van der Waals surface area contributed by atoms with Gasteiger partial charge in [-0.25, -0.2) is 0 Å². The van der Waals surface area contributed by atoms with E-state index in [-0.39, 0.29) is 0 Å². The first-order chi connectivity index (χ1) is 9.75. The minimum absolute atomic E-state index is 0.557. The Hall–Kier alpha value is -1.60. The molecule has 0 radical (unpaired) electrons. The highest BCUT2D eigenvalue weighted by Crippen LogP contribution is 2.13. The highest BCUT2D eigenvalue weighted by molar-refractivity contribution is 5.19. The van der Waals surface area contributed by atoms with E-state index in [4.69, 9.17) is 0 Å². The van der Waals surface area contributed by atoms with Crippen LogP contribution in [0.1, 0.15) is 37.3 Å². The topological polar surface area (TPSA) is 12.0 Å². The van der Waals surface area contributed by atoms with Crippen molar-refractivity contribution in [2.45, 2.75) is 38.6 Å². The second-order valence-electron chi connectivity index (χ2n) is 5.65. The first-order valence-electron chi connectivity index (χ1n) is 7.58. The molecule has 1 heteroatoms. The van der Waals surface area contributed by atoms with E-state index < -0.39 is 0 Å². The van der Waals surface area contributed by atoms with Gasteiger partial charge in [-0.2, -0.15) is 0 Å². The predicted molar refractivity (Wildman–Crippen MR) is 87.1 cm³/mol. The summed E-state index contributed by atoms with van der Waals surface area (Å²) in [5, 5.41) is 3.65. The summed E-state index contributed by atoms with van der Waals surface area (Å²) in [5.74, 6) is 0.565. The third-order valence-electron chi connectivity index (χ3n) is 3.85. The summed E-state index contributed by atoms with van der Waals surface area (Å²) in [4.78, 5) is 0. The SMILES string of the molecule is CC(CCc1ccccc1)NCC(C)c1ccccc1. The molecule has 0 heterocycles. The van der Waals surface area contributed by atoms with Crippen LogP contribution in [0.3, 0.4) is 0 Å². The van der Waals surface area contributed by atoms with Crippen molar-refractivity contribution < 1.29 is 0 Å². The van der Waals surface area contributed by atoms with Crippen LogP contribution in [0.15, 0.2) is 60.7 Å². The highest BCUT2D eigenvalue weighted by Gasteiger charge is 2.07. The van der Waals surface area contributed by atoms with Crippen molar-refractivity contribution in [3.63, 3.8) is 0 Å². The maximum atomic E-state index is 3.65. The summed E-state index contributed by atoms with van der Waals surface area (Å²) in [7, 11) is 0. The van der Waals surface area contributed by atoms with Gasteiger partial charge in [0, 0.05) is 12.6 Å². The zero-order chi connectivity index (χ0) is 14.2. The van der Waals surface area contributed by atoms with Gasteiger partial charge in [0.25, 0.3) is 0 Å². The van der Waals surface area contributed by atoms with Gasteiger partial charge in [0.1, 0.15) is 0 Å². The predicted octanol–water partition coefficient (Wildman–Crippen LogP) is 4.40. The fourth-order valence-electron chi connectivity index (χ4n) is 2.41. The first-order valence-corrected chi connectivity index (χ1v) is 7.58. The third-order valence-corrected chi connectivity index (χ3v) is 3.85. The lowest BCUT2D eigenvalue weighted by atomic mass is 10.0. The number of rotatable bonds is 7. The molecule has 0 saturated heterocycles. The van der Waals surface area contributed by atoms with Gasteiger partial charge < -0.3 is 5.32 Å². The highest BCUT2D eigenvalue weighted by atomic mass is 14.9. The molecule has 2 unspecified atom stereocenters. The van der Waals surface area contributed by atoms with Gasteiger partial charge in [-0.05, 0) is 36.8 Å². The molecule has 0 aromatic heterocycles. The van der Waals surface area contributed by atoms with Crippen LogP contribution in [-0.4, -0.2) is 12.6 Å². The molecule has 0 saturated carbocycles.